The van der Waals surface area contributed by atoms with E-state index in [9.17, 15) is 4.79 Å². The van der Waals surface area contributed by atoms with Gasteiger partial charge in [-0.3, -0.25) is 4.79 Å². The molecular formula is C23H24BrN5O. The summed E-state index contributed by atoms with van der Waals surface area (Å²) in [6.07, 6.45) is 0.977. The largest absolute Gasteiger partial charge is 0.326 e. The van der Waals surface area contributed by atoms with Crippen LogP contribution in [0, 0.1) is 34.6 Å². The molecule has 4 aromatic rings. The van der Waals surface area contributed by atoms with E-state index in [4.69, 9.17) is 4.98 Å². The Morgan fingerprint density at radius 1 is 1.07 bits per heavy atom. The SMILES string of the molecule is Cc1cc(C)c2c(n1)nn1c(C)c(CCC(=O)Nc3ccc(Br)c(C)c3)c(C)nc21. The maximum absolute atomic E-state index is 12.5. The molecule has 0 spiro atoms. The number of halogens is 1. The zero-order valence-electron chi connectivity index (χ0n) is 17.8. The summed E-state index contributed by atoms with van der Waals surface area (Å²) >= 11 is 3.48. The fraction of sp³-hybridized carbons (Fsp3) is 0.304. The van der Waals surface area contributed by atoms with Crippen molar-refractivity contribution < 1.29 is 4.79 Å². The van der Waals surface area contributed by atoms with Crippen molar-refractivity contribution >= 4 is 44.2 Å². The highest BCUT2D eigenvalue weighted by atomic mass is 79.9. The lowest BCUT2D eigenvalue weighted by Gasteiger charge is -2.12. The molecule has 3 heterocycles. The van der Waals surface area contributed by atoms with E-state index in [2.05, 4.69) is 44.3 Å². The van der Waals surface area contributed by atoms with Gasteiger partial charge >= 0.3 is 0 Å². The second-order valence-corrected chi connectivity index (χ2v) is 8.64. The minimum absolute atomic E-state index is 0.0191. The third-order valence-corrected chi connectivity index (χ3v) is 6.34. The van der Waals surface area contributed by atoms with Crippen LogP contribution in [0.1, 0.15) is 40.2 Å². The number of aryl methyl sites for hydroxylation is 5. The summed E-state index contributed by atoms with van der Waals surface area (Å²) in [5.41, 5.74) is 8.46. The monoisotopic (exact) mass is 465 g/mol. The topological polar surface area (TPSA) is 72.2 Å². The number of fused-ring (bicyclic) bond motifs is 3. The molecule has 4 rings (SSSR count). The smallest absolute Gasteiger partial charge is 0.224 e. The lowest BCUT2D eigenvalue weighted by atomic mass is 10.1. The molecule has 0 radical (unpaired) electrons. The van der Waals surface area contributed by atoms with Crippen LogP contribution in [0.5, 0.6) is 0 Å². The number of benzene rings is 1. The Labute approximate surface area is 183 Å². The Morgan fingerprint density at radius 2 is 1.83 bits per heavy atom. The Bertz CT molecular complexity index is 1310. The minimum atomic E-state index is -0.0191. The maximum Gasteiger partial charge on any atom is 0.224 e. The molecule has 7 heteroatoms. The van der Waals surface area contributed by atoms with Crippen LogP contribution < -0.4 is 5.32 Å². The number of nitrogens with zero attached hydrogens (tertiary/aromatic N) is 4. The van der Waals surface area contributed by atoms with Crippen LogP contribution >= 0.6 is 15.9 Å². The van der Waals surface area contributed by atoms with Crippen molar-refractivity contribution in [3.63, 3.8) is 0 Å². The van der Waals surface area contributed by atoms with Gasteiger partial charge in [0.1, 0.15) is 0 Å². The fourth-order valence-corrected chi connectivity index (χ4v) is 4.16. The highest BCUT2D eigenvalue weighted by Gasteiger charge is 2.17. The molecule has 0 fully saturated rings. The highest BCUT2D eigenvalue weighted by Crippen LogP contribution is 2.25. The van der Waals surface area contributed by atoms with Gasteiger partial charge in [0.25, 0.3) is 0 Å². The van der Waals surface area contributed by atoms with E-state index >= 15 is 0 Å². The number of nitrogens with one attached hydrogen (secondary N) is 1. The van der Waals surface area contributed by atoms with Crippen LogP contribution in [-0.4, -0.2) is 25.5 Å². The van der Waals surface area contributed by atoms with Crippen molar-refractivity contribution in [2.45, 2.75) is 47.5 Å². The van der Waals surface area contributed by atoms with E-state index in [1.165, 1.54) is 0 Å². The van der Waals surface area contributed by atoms with E-state index in [-0.39, 0.29) is 5.91 Å². The lowest BCUT2D eigenvalue weighted by Crippen LogP contribution is -2.14. The van der Waals surface area contributed by atoms with Gasteiger partial charge in [-0.1, -0.05) is 15.9 Å². The van der Waals surface area contributed by atoms with Gasteiger partial charge < -0.3 is 5.32 Å². The number of anilines is 1. The van der Waals surface area contributed by atoms with Crippen molar-refractivity contribution in [1.29, 1.82) is 0 Å². The molecule has 1 amide bonds. The summed E-state index contributed by atoms with van der Waals surface area (Å²) < 4.78 is 2.89. The first kappa shape index (κ1) is 20.5. The number of rotatable bonds is 4. The Morgan fingerprint density at radius 3 is 2.57 bits per heavy atom. The Hall–Kier alpha value is -2.80. The average Bonchev–Trinajstić information content (AvgIpc) is 3.03. The molecule has 0 bridgehead atoms. The van der Waals surface area contributed by atoms with Gasteiger partial charge in [-0.05, 0) is 82.0 Å². The van der Waals surface area contributed by atoms with E-state index in [0.717, 1.165) is 55.0 Å². The van der Waals surface area contributed by atoms with Gasteiger partial charge in [0.15, 0.2) is 11.3 Å². The van der Waals surface area contributed by atoms with Crippen molar-refractivity contribution in [2.24, 2.45) is 0 Å². The molecule has 6 nitrogen and oxygen atoms in total. The van der Waals surface area contributed by atoms with Crippen LogP contribution in [0.15, 0.2) is 28.7 Å². The average molecular weight is 466 g/mol. The zero-order valence-corrected chi connectivity index (χ0v) is 19.4. The van der Waals surface area contributed by atoms with Crippen LogP contribution in [0.4, 0.5) is 5.69 Å². The van der Waals surface area contributed by atoms with Crippen molar-refractivity contribution in [3.05, 3.63) is 62.5 Å². The molecular weight excluding hydrogens is 442 g/mol. The first-order valence-corrected chi connectivity index (χ1v) is 10.7. The molecule has 1 aromatic carbocycles. The predicted molar refractivity (Wildman–Crippen MR) is 123 cm³/mol. The van der Waals surface area contributed by atoms with Crippen molar-refractivity contribution in [2.75, 3.05) is 5.32 Å². The number of aromatic nitrogens is 4. The van der Waals surface area contributed by atoms with Crippen LogP contribution in [-0.2, 0) is 11.2 Å². The highest BCUT2D eigenvalue weighted by molar-refractivity contribution is 9.10. The van der Waals surface area contributed by atoms with Gasteiger partial charge in [-0.15, -0.1) is 5.10 Å². The summed E-state index contributed by atoms with van der Waals surface area (Å²) in [6, 6.07) is 7.85. The summed E-state index contributed by atoms with van der Waals surface area (Å²) in [7, 11) is 0. The second-order valence-electron chi connectivity index (χ2n) is 7.79. The molecule has 0 unspecified atom stereocenters. The van der Waals surface area contributed by atoms with Gasteiger partial charge in [-0.2, -0.15) is 0 Å². The molecule has 1 N–H and O–H groups in total. The standard InChI is InChI=1S/C23H24BrN5O/c1-12-11-17(6-8-19(12)24)27-20(30)9-7-18-15(4)26-23-21-13(2)10-14(3)25-22(21)28-29(23)16(18)5/h6,8,10-11H,7,9H2,1-5H3,(H,27,30). The zero-order chi connectivity index (χ0) is 21.6. The summed E-state index contributed by atoms with van der Waals surface area (Å²) in [5, 5.41) is 8.66. The molecule has 30 heavy (non-hydrogen) atoms. The van der Waals surface area contributed by atoms with Crippen LogP contribution in [0.25, 0.3) is 16.7 Å². The number of amides is 1. The van der Waals surface area contributed by atoms with E-state index in [0.29, 0.717) is 18.5 Å². The summed E-state index contributed by atoms with van der Waals surface area (Å²) in [6.45, 7) is 10.1. The normalized spacial score (nSPS) is 11.4. The maximum atomic E-state index is 12.5. The van der Waals surface area contributed by atoms with Gasteiger partial charge in [0.2, 0.25) is 5.91 Å². The van der Waals surface area contributed by atoms with Crippen molar-refractivity contribution in [1.82, 2.24) is 19.6 Å². The van der Waals surface area contributed by atoms with E-state index < -0.39 is 0 Å². The number of hydrogen-bond acceptors (Lipinski definition) is 4. The Kier molecular flexibility index (Phi) is 5.32. The number of hydrogen-bond donors (Lipinski definition) is 1. The molecule has 0 atom stereocenters. The number of carbonyl (C=O) groups excluding carboxylic acids is 1. The fourth-order valence-electron chi connectivity index (χ4n) is 3.91. The van der Waals surface area contributed by atoms with Crippen molar-refractivity contribution in [3.8, 4) is 0 Å². The van der Waals surface area contributed by atoms with Gasteiger partial charge in [0, 0.05) is 33.7 Å². The predicted octanol–water partition coefficient (Wildman–Crippen LogP) is 5.15. The molecule has 0 aliphatic rings. The third kappa shape index (κ3) is 3.69. The van der Waals surface area contributed by atoms with Crippen LogP contribution in [0.2, 0.25) is 0 Å². The van der Waals surface area contributed by atoms with E-state index in [1.807, 2.05) is 50.4 Å². The lowest BCUT2D eigenvalue weighted by molar-refractivity contribution is -0.116. The molecule has 0 aliphatic carbocycles. The first-order valence-electron chi connectivity index (χ1n) is 9.93. The van der Waals surface area contributed by atoms with Crippen LogP contribution in [0.3, 0.4) is 0 Å². The third-order valence-electron chi connectivity index (χ3n) is 5.45. The van der Waals surface area contributed by atoms with E-state index in [1.54, 1.807) is 0 Å². The number of carbonyl (C=O) groups is 1. The second kappa shape index (κ2) is 7.80. The quantitative estimate of drug-likeness (QED) is 0.452. The molecule has 0 saturated carbocycles. The summed E-state index contributed by atoms with van der Waals surface area (Å²) in [5.74, 6) is -0.0191. The Balaban J connectivity index is 1.61. The first-order chi connectivity index (χ1) is 14.2. The van der Waals surface area contributed by atoms with Gasteiger partial charge in [0.05, 0.1) is 5.39 Å². The molecule has 0 saturated heterocycles. The van der Waals surface area contributed by atoms with Gasteiger partial charge in [-0.25, -0.2) is 14.5 Å². The number of pyridine rings is 1. The molecule has 0 aliphatic heterocycles. The molecule has 3 aromatic heterocycles. The minimum Gasteiger partial charge on any atom is -0.326 e. The summed E-state index contributed by atoms with van der Waals surface area (Å²) in [4.78, 5) is 21.9. The molecule has 154 valence electrons.